The standard InChI is InChI=1S/C15H13ClF3N/c1-8-3-4-9(17)5-10(8)15(20-2)11-6-14(19)12(16)7-13(11)18/h3-7,15,20H,1-2H3. The third-order valence-electron chi connectivity index (χ3n) is 3.19. The second-order valence-electron chi connectivity index (χ2n) is 4.51. The van der Waals surface area contributed by atoms with Crippen molar-refractivity contribution in [2.24, 2.45) is 0 Å². The zero-order valence-corrected chi connectivity index (χ0v) is 11.7. The van der Waals surface area contributed by atoms with Gasteiger partial charge in [-0.1, -0.05) is 17.7 Å². The maximum absolute atomic E-state index is 14.0. The molecule has 2 aromatic rings. The molecule has 0 bridgehead atoms. The molecule has 0 aromatic heterocycles. The zero-order valence-electron chi connectivity index (χ0n) is 11.0. The minimum Gasteiger partial charge on any atom is -0.309 e. The summed E-state index contributed by atoms with van der Waals surface area (Å²) < 4.78 is 40.9. The van der Waals surface area contributed by atoms with Gasteiger partial charge in [-0.25, -0.2) is 13.2 Å². The van der Waals surface area contributed by atoms with Crippen molar-refractivity contribution in [1.29, 1.82) is 0 Å². The van der Waals surface area contributed by atoms with E-state index in [-0.39, 0.29) is 10.6 Å². The van der Waals surface area contributed by atoms with Crippen molar-refractivity contribution >= 4 is 11.6 Å². The molecule has 0 saturated heterocycles. The molecule has 0 aliphatic rings. The summed E-state index contributed by atoms with van der Waals surface area (Å²) in [6, 6.07) is 5.53. The van der Waals surface area contributed by atoms with Gasteiger partial charge in [0.15, 0.2) is 0 Å². The lowest BCUT2D eigenvalue weighted by Gasteiger charge is -2.20. The van der Waals surface area contributed by atoms with Crippen molar-refractivity contribution in [1.82, 2.24) is 5.32 Å². The number of hydrogen-bond donors (Lipinski definition) is 1. The van der Waals surface area contributed by atoms with Crippen molar-refractivity contribution in [3.05, 3.63) is 69.5 Å². The highest BCUT2D eigenvalue weighted by Crippen LogP contribution is 2.30. The summed E-state index contributed by atoms with van der Waals surface area (Å²) in [7, 11) is 1.60. The van der Waals surface area contributed by atoms with E-state index in [4.69, 9.17) is 11.6 Å². The summed E-state index contributed by atoms with van der Waals surface area (Å²) in [5.41, 5.74) is 1.41. The van der Waals surface area contributed by atoms with Crippen molar-refractivity contribution in [2.75, 3.05) is 7.05 Å². The van der Waals surface area contributed by atoms with E-state index in [9.17, 15) is 13.2 Å². The molecule has 5 heteroatoms. The van der Waals surface area contributed by atoms with Gasteiger partial charge in [-0.05, 0) is 49.4 Å². The van der Waals surface area contributed by atoms with Gasteiger partial charge in [-0.2, -0.15) is 0 Å². The van der Waals surface area contributed by atoms with Gasteiger partial charge in [-0.3, -0.25) is 0 Å². The van der Waals surface area contributed by atoms with Gasteiger partial charge in [0.25, 0.3) is 0 Å². The topological polar surface area (TPSA) is 12.0 Å². The van der Waals surface area contributed by atoms with E-state index in [1.165, 1.54) is 12.1 Å². The summed E-state index contributed by atoms with van der Waals surface area (Å²) in [6.45, 7) is 1.78. The molecule has 1 unspecified atom stereocenters. The van der Waals surface area contributed by atoms with E-state index in [1.807, 2.05) is 0 Å². The quantitative estimate of drug-likeness (QED) is 0.830. The first-order valence-corrected chi connectivity index (χ1v) is 6.39. The molecule has 0 radical (unpaired) electrons. The van der Waals surface area contributed by atoms with Crippen LogP contribution < -0.4 is 5.32 Å². The van der Waals surface area contributed by atoms with Gasteiger partial charge in [0.05, 0.1) is 11.1 Å². The van der Waals surface area contributed by atoms with Crippen LogP contribution in [0.25, 0.3) is 0 Å². The lowest BCUT2D eigenvalue weighted by atomic mass is 9.94. The summed E-state index contributed by atoms with van der Waals surface area (Å²) in [4.78, 5) is 0. The minimum atomic E-state index is -0.711. The van der Waals surface area contributed by atoms with E-state index in [0.717, 1.165) is 17.7 Å². The molecule has 1 atom stereocenters. The van der Waals surface area contributed by atoms with Crippen LogP contribution in [0.5, 0.6) is 0 Å². The Hall–Kier alpha value is -1.52. The lowest BCUT2D eigenvalue weighted by molar-refractivity contribution is 0.554. The maximum atomic E-state index is 14.0. The Kier molecular flexibility index (Phi) is 4.35. The molecule has 106 valence electrons. The average molecular weight is 300 g/mol. The van der Waals surface area contributed by atoms with Gasteiger partial charge in [0.1, 0.15) is 17.5 Å². The maximum Gasteiger partial charge on any atom is 0.142 e. The molecule has 0 heterocycles. The third kappa shape index (κ3) is 2.81. The van der Waals surface area contributed by atoms with Crippen LogP contribution in [0.4, 0.5) is 13.2 Å². The fourth-order valence-corrected chi connectivity index (χ4v) is 2.31. The predicted octanol–water partition coefficient (Wildman–Crippen LogP) is 4.37. The van der Waals surface area contributed by atoms with Crippen LogP contribution in [-0.4, -0.2) is 7.05 Å². The summed E-state index contributed by atoms with van der Waals surface area (Å²) >= 11 is 5.54. The molecule has 2 aromatic carbocycles. The number of hydrogen-bond acceptors (Lipinski definition) is 1. The lowest BCUT2D eigenvalue weighted by Crippen LogP contribution is -2.20. The van der Waals surface area contributed by atoms with E-state index in [0.29, 0.717) is 5.56 Å². The normalized spacial score (nSPS) is 12.5. The Balaban J connectivity index is 2.58. The molecule has 0 aliphatic heterocycles. The SMILES string of the molecule is CNC(c1cc(F)ccc1C)c1cc(F)c(Cl)cc1F. The Morgan fingerprint density at radius 3 is 2.35 bits per heavy atom. The van der Waals surface area contributed by atoms with Crippen LogP contribution in [0.3, 0.4) is 0 Å². The van der Waals surface area contributed by atoms with Gasteiger partial charge in [0.2, 0.25) is 0 Å². The molecule has 0 fully saturated rings. The molecule has 1 nitrogen and oxygen atoms in total. The van der Waals surface area contributed by atoms with E-state index < -0.39 is 23.5 Å². The number of benzene rings is 2. The summed E-state index contributed by atoms with van der Waals surface area (Å²) in [6.07, 6.45) is 0. The molecule has 0 spiro atoms. The Labute approximate surface area is 120 Å². The first kappa shape index (κ1) is 14.9. The van der Waals surface area contributed by atoms with E-state index in [1.54, 1.807) is 20.0 Å². The molecule has 0 aliphatic carbocycles. The van der Waals surface area contributed by atoms with Crippen molar-refractivity contribution < 1.29 is 13.2 Å². The van der Waals surface area contributed by atoms with Crippen LogP contribution in [0.1, 0.15) is 22.7 Å². The van der Waals surface area contributed by atoms with Crippen LogP contribution >= 0.6 is 11.6 Å². The molecule has 20 heavy (non-hydrogen) atoms. The number of aryl methyl sites for hydroxylation is 1. The Morgan fingerprint density at radius 2 is 1.70 bits per heavy atom. The Bertz CT molecular complexity index is 643. The Morgan fingerprint density at radius 1 is 1.00 bits per heavy atom. The van der Waals surface area contributed by atoms with Crippen LogP contribution in [0.2, 0.25) is 5.02 Å². The number of halogens is 4. The summed E-state index contributed by atoms with van der Waals surface area (Å²) in [5, 5.41) is 2.59. The number of nitrogens with one attached hydrogen (secondary N) is 1. The average Bonchev–Trinajstić information content (AvgIpc) is 2.40. The number of rotatable bonds is 3. The zero-order chi connectivity index (χ0) is 14.9. The first-order chi connectivity index (χ1) is 9.43. The monoisotopic (exact) mass is 299 g/mol. The predicted molar refractivity (Wildman–Crippen MR) is 73.4 cm³/mol. The van der Waals surface area contributed by atoms with Crippen LogP contribution in [0, 0.1) is 24.4 Å². The summed E-state index contributed by atoms with van der Waals surface area (Å²) in [5.74, 6) is -1.78. The molecule has 0 amide bonds. The molecule has 0 saturated carbocycles. The largest absolute Gasteiger partial charge is 0.309 e. The molecular weight excluding hydrogens is 287 g/mol. The third-order valence-corrected chi connectivity index (χ3v) is 3.48. The fraction of sp³-hybridized carbons (Fsp3) is 0.200. The van der Waals surface area contributed by atoms with Gasteiger partial charge in [0, 0.05) is 5.56 Å². The van der Waals surface area contributed by atoms with Gasteiger partial charge in [-0.15, -0.1) is 0 Å². The van der Waals surface area contributed by atoms with Gasteiger partial charge >= 0.3 is 0 Å². The highest BCUT2D eigenvalue weighted by molar-refractivity contribution is 6.30. The van der Waals surface area contributed by atoms with E-state index in [2.05, 4.69) is 5.32 Å². The smallest absolute Gasteiger partial charge is 0.142 e. The second-order valence-corrected chi connectivity index (χ2v) is 4.92. The highest BCUT2D eigenvalue weighted by Gasteiger charge is 2.20. The van der Waals surface area contributed by atoms with Crippen LogP contribution in [-0.2, 0) is 0 Å². The second kappa shape index (κ2) is 5.85. The van der Waals surface area contributed by atoms with Crippen LogP contribution in [0.15, 0.2) is 30.3 Å². The fourth-order valence-electron chi connectivity index (χ4n) is 2.16. The van der Waals surface area contributed by atoms with Crippen molar-refractivity contribution in [3.8, 4) is 0 Å². The molecule has 1 N–H and O–H groups in total. The van der Waals surface area contributed by atoms with E-state index >= 15 is 0 Å². The molecular formula is C15H13ClF3N. The highest BCUT2D eigenvalue weighted by atomic mass is 35.5. The van der Waals surface area contributed by atoms with Gasteiger partial charge < -0.3 is 5.32 Å². The van der Waals surface area contributed by atoms with Crippen molar-refractivity contribution in [3.63, 3.8) is 0 Å². The molecule has 2 rings (SSSR count). The minimum absolute atomic E-state index is 0.0862. The van der Waals surface area contributed by atoms with Crippen molar-refractivity contribution in [2.45, 2.75) is 13.0 Å². The first-order valence-electron chi connectivity index (χ1n) is 6.01.